The van der Waals surface area contributed by atoms with E-state index in [-0.39, 0.29) is 29.2 Å². The van der Waals surface area contributed by atoms with E-state index in [4.69, 9.17) is 0 Å². The van der Waals surface area contributed by atoms with Crippen molar-refractivity contribution in [3.05, 3.63) is 30.1 Å². The number of anilines is 2. The Morgan fingerprint density at radius 2 is 2.04 bits per heavy atom. The van der Waals surface area contributed by atoms with Gasteiger partial charge in [0.25, 0.3) is 0 Å². The van der Waals surface area contributed by atoms with Crippen LogP contribution in [-0.4, -0.2) is 27.8 Å². The van der Waals surface area contributed by atoms with Crippen molar-refractivity contribution >= 4 is 45.7 Å². The molecule has 1 saturated carbocycles. The van der Waals surface area contributed by atoms with Crippen molar-refractivity contribution < 1.29 is 14.0 Å². The standard InChI is InChI=1S/C14H13FN4O2S2/c15-9-3-1-2-4-10(9)16-11(20)7-22-14-19-18-13(23-14)17-12(21)8-5-6-8/h1-4,8H,5-7H2,(H,16,20)(H,17,18,21). The smallest absolute Gasteiger partial charge is 0.234 e. The van der Waals surface area contributed by atoms with Gasteiger partial charge in [0.1, 0.15) is 5.82 Å². The molecule has 0 atom stereocenters. The molecule has 0 saturated heterocycles. The summed E-state index contributed by atoms with van der Waals surface area (Å²) in [6.07, 6.45) is 1.84. The molecule has 23 heavy (non-hydrogen) atoms. The molecule has 3 rings (SSSR count). The molecule has 9 heteroatoms. The second-order valence-electron chi connectivity index (χ2n) is 4.95. The number of nitrogens with zero attached hydrogens (tertiary/aromatic N) is 2. The van der Waals surface area contributed by atoms with Crippen LogP contribution in [0.25, 0.3) is 0 Å². The number of para-hydroxylation sites is 1. The van der Waals surface area contributed by atoms with E-state index in [1.54, 1.807) is 12.1 Å². The molecule has 2 aromatic rings. The molecule has 0 aliphatic heterocycles. The van der Waals surface area contributed by atoms with Crippen molar-refractivity contribution in [3.63, 3.8) is 0 Å². The van der Waals surface area contributed by atoms with Gasteiger partial charge in [0.05, 0.1) is 11.4 Å². The van der Waals surface area contributed by atoms with Gasteiger partial charge in [-0.05, 0) is 25.0 Å². The Morgan fingerprint density at radius 1 is 1.26 bits per heavy atom. The van der Waals surface area contributed by atoms with Crippen LogP contribution in [0.15, 0.2) is 28.6 Å². The third kappa shape index (κ3) is 4.49. The molecule has 1 aliphatic rings. The highest BCUT2D eigenvalue weighted by molar-refractivity contribution is 8.01. The first-order valence-corrected chi connectivity index (χ1v) is 8.73. The highest BCUT2D eigenvalue weighted by Gasteiger charge is 2.30. The van der Waals surface area contributed by atoms with Gasteiger partial charge in [-0.2, -0.15) is 0 Å². The number of benzene rings is 1. The summed E-state index contributed by atoms with van der Waals surface area (Å²) in [5.74, 6) is -0.665. The van der Waals surface area contributed by atoms with Gasteiger partial charge in [-0.1, -0.05) is 35.2 Å². The van der Waals surface area contributed by atoms with Gasteiger partial charge in [-0.3, -0.25) is 9.59 Å². The van der Waals surface area contributed by atoms with Gasteiger partial charge >= 0.3 is 0 Å². The number of aromatic nitrogens is 2. The SMILES string of the molecule is O=C(CSc1nnc(NC(=O)C2CC2)s1)Nc1ccccc1F. The lowest BCUT2D eigenvalue weighted by molar-refractivity contribution is -0.117. The van der Waals surface area contributed by atoms with Gasteiger partial charge < -0.3 is 10.6 Å². The van der Waals surface area contributed by atoms with Crippen molar-refractivity contribution in [3.8, 4) is 0 Å². The van der Waals surface area contributed by atoms with Crippen molar-refractivity contribution in [1.29, 1.82) is 0 Å². The van der Waals surface area contributed by atoms with Crippen LogP contribution in [0.4, 0.5) is 15.2 Å². The second kappa shape index (κ2) is 7.05. The summed E-state index contributed by atoms with van der Waals surface area (Å²) >= 11 is 2.40. The zero-order valence-electron chi connectivity index (χ0n) is 11.9. The number of hydrogen-bond donors (Lipinski definition) is 2. The molecular formula is C14H13FN4O2S2. The maximum absolute atomic E-state index is 13.4. The third-order valence-electron chi connectivity index (χ3n) is 3.06. The molecule has 6 nitrogen and oxygen atoms in total. The lowest BCUT2D eigenvalue weighted by Crippen LogP contribution is -2.14. The van der Waals surface area contributed by atoms with Crippen molar-refractivity contribution in [2.45, 2.75) is 17.2 Å². The average Bonchev–Trinajstić information content (AvgIpc) is 3.29. The topological polar surface area (TPSA) is 84.0 Å². The first-order chi connectivity index (χ1) is 11.1. The highest BCUT2D eigenvalue weighted by Crippen LogP contribution is 2.31. The van der Waals surface area contributed by atoms with Gasteiger partial charge in [0.15, 0.2) is 4.34 Å². The first kappa shape index (κ1) is 15.9. The minimum Gasteiger partial charge on any atom is -0.323 e. The summed E-state index contributed by atoms with van der Waals surface area (Å²) in [6, 6.07) is 5.97. The van der Waals surface area contributed by atoms with Crippen LogP contribution >= 0.6 is 23.1 Å². The highest BCUT2D eigenvalue weighted by atomic mass is 32.2. The average molecular weight is 352 g/mol. The number of halogens is 1. The van der Waals surface area contributed by atoms with E-state index in [2.05, 4.69) is 20.8 Å². The Labute approximate surface area is 139 Å². The van der Waals surface area contributed by atoms with E-state index in [0.29, 0.717) is 9.47 Å². The van der Waals surface area contributed by atoms with E-state index >= 15 is 0 Å². The van der Waals surface area contributed by atoms with E-state index < -0.39 is 5.82 Å². The summed E-state index contributed by atoms with van der Waals surface area (Å²) in [4.78, 5) is 23.4. The van der Waals surface area contributed by atoms with Crippen molar-refractivity contribution in [2.24, 2.45) is 5.92 Å². The molecule has 120 valence electrons. The van der Waals surface area contributed by atoms with Crippen LogP contribution in [-0.2, 0) is 9.59 Å². The normalized spacial score (nSPS) is 13.6. The molecule has 0 radical (unpaired) electrons. The fourth-order valence-electron chi connectivity index (χ4n) is 1.75. The Balaban J connectivity index is 1.48. The second-order valence-corrected chi connectivity index (χ2v) is 7.15. The maximum Gasteiger partial charge on any atom is 0.234 e. The van der Waals surface area contributed by atoms with Crippen LogP contribution in [0.5, 0.6) is 0 Å². The Hall–Kier alpha value is -2.00. The Kier molecular flexibility index (Phi) is 4.87. The molecule has 0 bridgehead atoms. The van der Waals surface area contributed by atoms with Crippen LogP contribution in [0, 0.1) is 11.7 Å². The molecule has 1 aromatic heterocycles. The molecule has 1 aliphatic carbocycles. The van der Waals surface area contributed by atoms with Crippen LogP contribution in [0.2, 0.25) is 0 Å². The quantitative estimate of drug-likeness (QED) is 0.617. The predicted molar refractivity (Wildman–Crippen MR) is 87.0 cm³/mol. The third-order valence-corrected chi connectivity index (χ3v) is 5.03. The minimum absolute atomic E-state index is 0.0324. The zero-order valence-corrected chi connectivity index (χ0v) is 13.5. The largest absolute Gasteiger partial charge is 0.323 e. The molecule has 1 fully saturated rings. The molecular weight excluding hydrogens is 339 g/mol. The summed E-state index contributed by atoms with van der Waals surface area (Å²) in [7, 11) is 0. The number of rotatable bonds is 6. The molecule has 2 N–H and O–H groups in total. The number of thioether (sulfide) groups is 1. The summed E-state index contributed by atoms with van der Waals surface area (Å²) in [5, 5.41) is 13.4. The number of amides is 2. The van der Waals surface area contributed by atoms with Crippen LogP contribution < -0.4 is 10.6 Å². The summed E-state index contributed by atoms with van der Waals surface area (Å²) in [5.41, 5.74) is 0.146. The summed E-state index contributed by atoms with van der Waals surface area (Å²) < 4.78 is 14.0. The number of nitrogens with one attached hydrogen (secondary N) is 2. The van der Waals surface area contributed by atoms with Crippen LogP contribution in [0.3, 0.4) is 0 Å². The van der Waals surface area contributed by atoms with E-state index in [1.807, 2.05) is 0 Å². The monoisotopic (exact) mass is 352 g/mol. The first-order valence-electron chi connectivity index (χ1n) is 6.93. The molecule has 0 unspecified atom stereocenters. The zero-order chi connectivity index (χ0) is 16.2. The van der Waals surface area contributed by atoms with Gasteiger partial charge in [0, 0.05) is 5.92 Å². The minimum atomic E-state index is -0.480. The van der Waals surface area contributed by atoms with E-state index in [0.717, 1.165) is 12.8 Å². The number of carbonyl (C=O) groups excluding carboxylic acids is 2. The van der Waals surface area contributed by atoms with E-state index in [1.165, 1.54) is 35.2 Å². The fraction of sp³-hybridized carbons (Fsp3) is 0.286. The molecule has 2 amide bonds. The number of carbonyl (C=O) groups is 2. The Morgan fingerprint density at radius 3 is 2.78 bits per heavy atom. The molecule has 1 heterocycles. The number of hydrogen-bond acceptors (Lipinski definition) is 6. The molecule has 0 spiro atoms. The Bertz CT molecular complexity index is 733. The molecule has 1 aromatic carbocycles. The van der Waals surface area contributed by atoms with E-state index in [9.17, 15) is 14.0 Å². The van der Waals surface area contributed by atoms with Gasteiger partial charge in [0.2, 0.25) is 16.9 Å². The van der Waals surface area contributed by atoms with Crippen molar-refractivity contribution in [2.75, 3.05) is 16.4 Å². The fourth-order valence-corrected chi connectivity index (χ4v) is 3.30. The van der Waals surface area contributed by atoms with Crippen molar-refractivity contribution in [1.82, 2.24) is 10.2 Å². The lowest BCUT2D eigenvalue weighted by atomic mass is 10.3. The summed E-state index contributed by atoms with van der Waals surface area (Å²) in [6.45, 7) is 0. The van der Waals surface area contributed by atoms with Crippen LogP contribution in [0.1, 0.15) is 12.8 Å². The maximum atomic E-state index is 13.4. The predicted octanol–water partition coefficient (Wildman–Crippen LogP) is 2.76. The lowest BCUT2D eigenvalue weighted by Gasteiger charge is -2.04. The van der Waals surface area contributed by atoms with Gasteiger partial charge in [-0.15, -0.1) is 10.2 Å². The van der Waals surface area contributed by atoms with Gasteiger partial charge in [-0.25, -0.2) is 4.39 Å².